The van der Waals surface area contributed by atoms with Gasteiger partial charge in [0, 0.05) is 18.2 Å². The lowest BCUT2D eigenvalue weighted by atomic mass is 9.95. The van der Waals surface area contributed by atoms with Crippen LogP contribution in [0, 0.1) is 0 Å². The summed E-state index contributed by atoms with van der Waals surface area (Å²) in [4.78, 5) is 27.5. The van der Waals surface area contributed by atoms with Crippen LogP contribution in [0.1, 0.15) is 68.4 Å². The first-order valence-electron chi connectivity index (χ1n) is 11.1. The van der Waals surface area contributed by atoms with E-state index in [2.05, 4.69) is 6.92 Å². The second kappa shape index (κ2) is 9.99. The van der Waals surface area contributed by atoms with E-state index >= 15 is 0 Å². The van der Waals surface area contributed by atoms with E-state index in [0.717, 1.165) is 36.1 Å². The number of benzene rings is 2. The van der Waals surface area contributed by atoms with Crippen molar-refractivity contribution in [1.82, 2.24) is 4.90 Å². The van der Waals surface area contributed by atoms with Crippen LogP contribution < -0.4 is 4.74 Å². The standard InChI is InChI=1S/C26H33NO4/c1-5-9-21(17-24(28)31-26(2,3)4)27-15-14-20-16-22(12-13-23(20)25(27)29)30-18-19-10-7-6-8-11-19/h6-8,10-13,16,21H,5,9,14-15,17-18H2,1-4H3. The topological polar surface area (TPSA) is 55.8 Å². The molecule has 1 aliphatic rings. The Balaban J connectivity index is 1.68. The highest BCUT2D eigenvalue weighted by molar-refractivity contribution is 5.97. The van der Waals surface area contributed by atoms with Gasteiger partial charge in [-0.2, -0.15) is 0 Å². The maximum absolute atomic E-state index is 13.2. The molecule has 0 saturated heterocycles. The van der Waals surface area contributed by atoms with Crippen molar-refractivity contribution in [2.24, 2.45) is 0 Å². The van der Waals surface area contributed by atoms with Crippen molar-refractivity contribution < 1.29 is 19.1 Å². The zero-order valence-electron chi connectivity index (χ0n) is 19.0. The number of esters is 1. The molecular weight excluding hydrogens is 390 g/mol. The van der Waals surface area contributed by atoms with E-state index < -0.39 is 5.60 Å². The summed E-state index contributed by atoms with van der Waals surface area (Å²) in [6.07, 6.45) is 2.65. The Morgan fingerprint density at radius 3 is 2.55 bits per heavy atom. The van der Waals surface area contributed by atoms with E-state index in [9.17, 15) is 9.59 Å². The van der Waals surface area contributed by atoms with Crippen molar-refractivity contribution in [1.29, 1.82) is 0 Å². The third-order valence-corrected chi connectivity index (χ3v) is 5.32. The molecule has 1 amide bonds. The Labute approximate surface area is 185 Å². The minimum absolute atomic E-state index is 0.0159. The van der Waals surface area contributed by atoms with Gasteiger partial charge in [0.05, 0.1) is 6.42 Å². The van der Waals surface area contributed by atoms with Crippen LogP contribution in [0.25, 0.3) is 0 Å². The molecule has 0 saturated carbocycles. The lowest BCUT2D eigenvalue weighted by molar-refractivity contribution is -0.156. The van der Waals surface area contributed by atoms with Crippen LogP contribution in [0.5, 0.6) is 5.75 Å². The predicted molar refractivity (Wildman–Crippen MR) is 121 cm³/mol. The first-order chi connectivity index (χ1) is 14.8. The van der Waals surface area contributed by atoms with E-state index in [1.54, 1.807) is 0 Å². The molecule has 0 aliphatic carbocycles. The van der Waals surface area contributed by atoms with Crippen LogP contribution in [0.3, 0.4) is 0 Å². The van der Waals surface area contributed by atoms with Crippen LogP contribution in [0.2, 0.25) is 0 Å². The first kappa shape index (κ1) is 22.9. The van der Waals surface area contributed by atoms with E-state index in [1.807, 2.05) is 74.2 Å². The summed E-state index contributed by atoms with van der Waals surface area (Å²) < 4.78 is 11.4. The Morgan fingerprint density at radius 2 is 1.87 bits per heavy atom. The third-order valence-electron chi connectivity index (χ3n) is 5.32. The number of carbonyl (C=O) groups is 2. The lowest BCUT2D eigenvalue weighted by Crippen LogP contribution is -2.46. The fraction of sp³-hybridized carbons (Fsp3) is 0.462. The quantitative estimate of drug-likeness (QED) is 0.550. The molecule has 31 heavy (non-hydrogen) atoms. The Hall–Kier alpha value is -2.82. The molecule has 0 aromatic heterocycles. The molecule has 5 nitrogen and oxygen atoms in total. The highest BCUT2D eigenvalue weighted by Gasteiger charge is 2.32. The Morgan fingerprint density at radius 1 is 1.13 bits per heavy atom. The van der Waals surface area contributed by atoms with Crippen LogP contribution in [-0.2, 0) is 22.6 Å². The molecule has 2 aromatic rings. The van der Waals surface area contributed by atoms with Gasteiger partial charge in [-0.1, -0.05) is 43.7 Å². The second-order valence-electron chi connectivity index (χ2n) is 9.07. The van der Waals surface area contributed by atoms with Crippen LogP contribution >= 0.6 is 0 Å². The number of rotatable bonds is 8. The van der Waals surface area contributed by atoms with Gasteiger partial charge < -0.3 is 14.4 Å². The summed E-state index contributed by atoms with van der Waals surface area (Å²) in [5.74, 6) is 0.495. The van der Waals surface area contributed by atoms with Crippen molar-refractivity contribution >= 4 is 11.9 Å². The normalized spacial score (nSPS) is 14.7. The largest absolute Gasteiger partial charge is 0.489 e. The maximum atomic E-state index is 13.2. The molecule has 0 radical (unpaired) electrons. The van der Waals surface area contributed by atoms with E-state index in [1.165, 1.54) is 0 Å². The van der Waals surface area contributed by atoms with Gasteiger partial charge in [0.2, 0.25) is 0 Å². The summed E-state index contributed by atoms with van der Waals surface area (Å²) in [5.41, 5.74) is 2.28. The first-order valence-corrected chi connectivity index (χ1v) is 11.1. The van der Waals surface area contributed by atoms with E-state index in [4.69, 9.17) is 9.47 Å². The van der Waals surface area contributed by atoms with Gasteiger partial charge in [-0.3, -0.25) is 9.59 Å². The van der Waals surface area contributed by atoms with Gasteiger partial charge in [0.1, 0.15) is 18.0 Å². The summed E-state index contributed by atoms with van der Waals surface area (Å²) >= 11 is 0. The van der Waals surface area contributed by atoms with E-state index in [-0.39, 0.29) is 24.3 Å². The number of nitrogens with zero attached hydrogens (tertiary/aromatic N) is 1. The molecular formula is C26H33NO4. The summed E-state index contributed by atoms with van der Waals surface area (Å²) in [6, 6.07) is 15.5. The predicted octanol–water partition coefficient (Wildman–Crippen LogP) is 5.16. The highest BCUT2D eigenvalue weighted by Crippen LogP contribution is 2.27. The van der Waals surface area contributed by atoms with Crippen LogP contribution in [0.15, 0.2) is 48.5 Å². The Bertz CT molecular complexity index is 901. The SMILES string of the molecule is CCCC(CC(=O)OC(C)(C)C)N1CCc2cc(OCc3ccccc3)ccc2C1=O. The number of ether oxygens (including phenoxy) is 2. The summed E-state index contributed by atoms with van der Waals surface area (Å²) in [5, 5.41) is 0. The molecule has 5 heteroatoms. The highest BCUT2D eigenvalue weighted by atomic mass is 16.6. The average Bonchev–Trinajstić information content (AvgIpc) is 2.71. The zero-order valence-corrected chi connectivity index (χ0v) is 19.0. The second-order valence-corrected chi connectivity index (χ2v) is 9.07. The van der Waals surface area contributed by atoms with Gasteiger partial charge >= 0.3 is 5.97 Å². The molecule has 3 rings (SSSR count). The monoisotopic (exact) mass is 423 g/mol. The number of hydrogen-bond donors (Lipinski definition) is 0. The minimum atomic E-state index is -0.525. The van der Waals surface area contributed by atoms with Gasteiger partial charge in [-0.05, 0) is 62.9 Å². The molecule has 1 unspecified atom stereocenters. The fourth-order valence-electron chi connectivity index (χ4n) is 3.94. The third kappa shape index (κ3) is 6.33. The maximum Gasteiger partial charge on any atom is 0.308 e. The van der Waals surface area contributed by atoms with E-state index in [0.29, 0.717) is 18.7 Å². The number of hydrogen-bond acceptors (Lipinski definition) is 4. The molecule has 0 fully saturated rings. The molecule has 1 heterocycles. The molecule has 166 valence electrons. The van der Waals surface area contributed by atoms with Crippen molar-refractivity contribution in [2.75, 3.05) is 6.54 Å². The van der Waals surface area contributed by atoms with Gasteiger partial charge in [-0.25, -0.2) is 0 Å². The molecule has 2 aromatic carbocycles. The van der Waals surface area contributed by atoms with Gasteiger partial charge in [0.15, 0.2) is 0 Å². The van der Waals surface area contributed by atoms with Crippen LogP contribution in [-0.4, -0.2) is 35.0 Å². The van der Waals surface area contributed by atoms with Crippen molar-refractivity contribution in [3.8, 4) is 5.75 Å². The molecule has 0 spiro atoms. The smallest absolute Gasteiger partial charge is 0.308 e. The zero-order chi connectivity index (χ0) is 22.4. The average molecular weight is 424 g/mol. The van der Waals surface area contributed by atoms with Crippen molar-refractivity contribution in [3.63, 3.8) is 0 Å². The van der Waals surface area contributed by atoms with Gasteiger partial charge in [0.25, 0.3) is 5.91 Å². The van der Waals surface area contributed by atoms with Crippen molar-refractivity contribution in [3.05, 3.63) is 65.2 Å². The van der Waals surface area contributed by atoms with Crippen LogP contribution in [0.4, 0.5) is 0 Å². The number of fused-ring (bicyclic) bond motifs is 1. The molecule has 1 atom stereocenters. The fourth-order valence-corrected chi connectivity index (χ4v) is 3.94. The minimum Gasteiger partial charge on any atom is -0.489 e. The lowest BCUT2D eigenvalue weighted by Gasteiger charge is -2.35. The number of amides is 1. The Kier molecular flexibility index (Phi) is 7.37. The van der Waals surface area contributed by atoms with Gasteiger partial charge in [-0.15, -0.1) is 0 Å². The summed E-state index contributed by atoms with van der Waals surface area (Å²) in [7, 11) is 0. The summed E-state index contributed by atoms with van der Waals surface area (Å²) in [6.45, 7) is 8.74. The molecule has 0 N–H and O–H groups in total. The molecule has 0 bridgehead atoms. The number of carbonyl (C=O) groups excluding carboxylic acids is 2. The molecule has 1 aliphatic heterocycles. The van der Waals surface area contributed by atoms with Crippen molar-refractivity contribution in [2.45, 2.75) is 71.6 Å².